The number of hydrogen-bond donors (Lipinski definition) is 1. The highest BCUT2D eigenvalue weighted by Gasteiger charge is 2.15. The maximum atomic E-state index is 12.2. The van der Waals surface area contributed by atoms with Gasteiger partial charge in [0.05, 0.1) is 11.2 Å². The van der Waals surface area contributed by atoms with Gasteiger partial charge in [0.15, 0.2) is 11.5 Å². The van der Waals surface area contributed by atoms with Gasteiger partial charge in [-0.25, -0.2) is 0 Å². The van der Waals surface area contributed by atoms with Gasteiger partial charge in [-0.2, -0.15) is 0 Å². The van der Waals surface area contributed by atoms with E-state index in [-0.39, 0.29) is 12.7 Å². The third-order valence-corrected chi connectivity index (χ3v) is 3.60. The van der Waals surface area contributed by atoms with Crippen LogP contribution in [0.1, 0.15) is 5.56 Å². The van der Waals surface area contributed by atoms with E-state index in [2.05, 4.69) is 15.3 Å². The van der Waals surface area contributed by atoms with Gasteiger partial charge in [-0.05, 0) is 30.3 Å². The summed E-state index contributed by atoms with van der Waals surface area (Å²) >= 11 is 0. The first-order valence-electron chi connectivity index (χ1n) is 7.39. The number of ether oxygens (including phenoxy) is 2. The first kappa shape index (κ1) is 14.2. The normalized spacial score (nSPS) is 12.7. The van der Waals surface area contributed by atoms with Crippen LogP contribution >= 0.6 is 0 Å². The van der Waals surface area contributed by atoms with Crippen LogP contribution in [0.3, 0.4) is 0 Å². The average Bonchev–Trinajstić information content (AvgIpc) is 3.09. The number of amides is 1. The van der Waals surface area contributed by atoms with E-state index in [0.717, 1.165) is 11.1 Å². The Morgan fingerprint density at radius 2 is 2.04 bits per heavy atom. The number of nitrogens with zero attached hydrogens (tertiary/aromatic N) is 2. The minimum absolute atomic E-state index is 0.195. The van der Waals surface area contributed by atoms with E-state index < -0.39 is 0 Å². The number of anilines is 1. The molecule has 1 aliphatic heterocycles. The molecule has 118 valence electrons. The van der Waals surface area contributed by atoms with Crippen LogP contribution in [0.2, 0.25) is 0 Å². The largest absolute Gasteiger partial charge is 0.454 e. The van der Waals surface area contributed by atoms with Gasteiger partial charge < -0.3 is 14.8 Å². The number of hydrogen-bond acceptors (Lipinski definition) is 5. The first-order chi connectivity index (χ1) is 11.8. The van der Waals surface area contributed by atoms with Crippen LogP contribution in [0, 0.1) is 0 Å². The van der Waals surface area contributed by atoms with Crippen molar-refractivity contribution in [1.29, 1.82) is 0 Å². The molecule has 0 radical (unpaired) electrons. The van der Waals surface area contributed by atoms with Gasteiger partial charge in [0.1, 0.15) is 5.52 Å². The lowest BCUT2D eigenvalue weighted by Gasteiger charge is -2.05. The van der Waals surface area contributed by atoms with Crippen LogP contribution in [0.5, 0.6) is 11.5 Å². The molecule has 0 saturated carbocycles. The fourth-order valence-corrected chi connectivity index (χ4v) is 2.50. The molecule has 1 aromatic carbocycles. The molecular formula is C18H13N3O3. The highest BCUT2D eigenvalue weighted by molar-refractivity contribution is 6.06. The third kappa shape index (κ3) is 2.65. The van der Waals surface area contributed by atoms with Crippen molar-refractivity contribution in [3.05, 3.63) is 60.4 Å². The molecule has 0 spiro atoms. The van der Waals surface area contributed by atoms with Crippen molar-refractivity contribution in [2.75, 3.05) is 12.1 Å². The van der Waals surface area contributed by atoms with Crippen molar-refractivity contribution in [2.45, 2.75) is 0 Å². The van der Waals surface area contributed by atoms with E-state index >= 15 is 0 Å². The van der Waals surface area contributed by atoms with Crippen molar-refractivity contribution in [2.24, 2.45) is 0 Å². The Balaban J connectivity index is 1.56. The number of nitrogens with one attached hydrogen (secondary N) is 1. The van der Waals surface area contributed by atoms with Crippen LogP contribution in [0.4, 0.5) is 5.69 Å². The molecule has 0 bridgehead atoms. The molecule has 3 aromatic rings. The first-order valence-corrected chi connectivity index (χ1v) is 7.39. The number of rotatable bonds is 3. The van der Waals surface area contributed by atoms with Crippen molar-refractivity contribution >= 4 is 28.7 Å². The molecule has 3 heterocycles. The second-order valence-electron chi connectivity index (χ2n) is 5.13. The zero-order valence-electron chi connectivity index (χ0n) is 12.6. The van der Waals surface area contributed by atoms with Gasteiger partial charge in [-0.3, -0.25) is 14.8 Å². The quantitative estimate of drug-likeness (QED) is 0.751. The Hall–Kier alpha value is -3.41. The maximum absolute atomic E-state index is 12.2. The summed E-state index contributed by atoms with van der Waals surface area (Å²) in [5.41, 5.74) is 2.79. The SMILES string of the molecule is O=C(C=Cc1cccc2c1OCO2)Nc1ccnc2cccnc12. The summed E-state index contributed by atoms with van der Waals surface area (Å²) < 4.78 is 10.7. The lowest BCUT2D eigenvalue weighted by molar-refractivity contribution is -0.111. The summed E-state index contributed by atoms with van der Waals surface area (Å²) in [6.07, 6.45) is 6.45. The van der Waals surface area contributed by atoms with Gasteiger partial charge in [0, 0.05) is 24.0 Å². The lowest BCUT2D eigenvalue weighted by Crippen LogP contribution is -2.08. The number of fused-ring (bicyclic) bond motifs is 2. The van der Waals surface area contributed by atoms with Gasteiger partial charge in [0.2, 0.25) is 12.7 Å². The molecule has 0 unspecified atom stereocenters. The van der Waals surface area contributed by atoms with Crippen LogP contribution in [-0.2, 0) is 4.79 Å². The summed E-state index contributed by atoms with van der Waals surface area (Å²) in [5.74, 6) is 1.07. The van der Waals surface area contributed by atoms with Crippen LogP contribution < -0.4 is 14.8 Å². The van der Waals surface area contributed by atoms with Crippen molar-refractivity contribution in [3.63, 3.8) is 0 Å². The van der Waals surface area contributed by atoms with Gasteiger partial charge in [-0.15, -0.1) is 0 Å². The van der Waals surface area contributed by atoms with Crippen molar-refractivity contribution in [3.8, 4) is 11.5 Å². The molecule has 4 rings (SSSR count). The molecule has 1 amide bonds. The number of benzene rings is 1. The average molecular weight is 319 g/mol. The molecule has 0 aliphatic carbocycles. The highest BCUT2D eigenvalue weighted by atomic mass is 16.7. The maximum Gasteiger partial charge on any atom is 0.248 e. The number of aromatic nitrogens is 2. The van der Waals surface area contributed by atoms with Crippen LogP contribution in [0.15, 0.2) is 54.9 Å². The molecule has 6 heteroatoms. The monoisotopic (exact) mass is 319 g/mol. The van der Waals surface area contributed by atoms with Crippen molar-refractivity contribution in [1.82, 2.24) is 9.97 Å². The molecule has 0 saturated heterocycles. The molecular weight excluding hydrogens is 306 g/mol. The summed E-state index contributed by atoms with van der Waals surface area (Å²) in [4.78, 5) is 20.7. The van der Waals surface area contributed by atoms with Gasteiger partial charge >= 0.3 is 0 Å². The molecule has 2 aromatic heterocycles. The Morgan fingerprint density at radius 3 is 3.00 bits per heavy atom. The van der Waals surface area contributed by atoms with Gasteiger partial charge in [-0.1, -0.05) is 12.1 Å². The summed E-state index contributed by atoms with van der Waals surface area (Å²) in [6.45, 7) is 0.195. The summed E-state index contributed by atoms with van der Waals surface area (Å²) in [5, 5.41) is 2.82. The third-order valence-electron chi connectivity index (χ3n) is 3.60. The zero-order valence-corrected chi connectivity index (χ0v) is 12.6. The van der Waals surface area contributed by atoms with E-state index in [1.807, 2.05) is 24.3 Å². The number of para-hydroxylation sites is 1. The van der Waals surface area contributed by atoms with E-state index in [4.69, 9.17) is 9.47 Å². The molecule has 0 atom stereocenters. The minimum atomic E-state index is -0.260. The van der Waals surface area contributed by atoms with Gasteiger partial charge in [0.25, 0.3) is 0 Å². The van der Waals surface area contributed by atoms with Crippen LogP contribution in [-0.4, -0.2) is 22.7 Å². The standard InChI is InChI=1S/C18H13N3O3/c22-16(7-6-12-3-1-5-15-18(12)24-11-23-15)21-14-8-10-19-13-4-2-9-20-17(13)14/h1-10H,11H2,(H,19,21,22). The van der Waals surface area contributed by atoms with E-state index in [1.54, 1.807) is 30.6 Å². The summed E-state index contributed by atoms with van der Waals surface area (Å²) in [6, 6.07) is 10.9. The fourth-order valence-electron chi connectivity index (χ4n) is 2.50. The second-order valence-corrected chi connectivity index (χ2v) is 5.13. The van der Waals surface area contributed by atoms with Crippen molar-refractivity contribution < 1.29 is 14.3 Å². The molecule has 1 N–H and O–H groups in total. The number of pyridine rings is 2. The van der Waals surface area contributed by atoms with Crippen LogP contribution in [0.25, 0.3) is 17.1 Å². The molecule has 0 fully saturated rings. The van der Waals surface area contributed by atoms with E-state index in [1.165, 1.54) is 6.08 Å². The van der Waals surface area contributed by atoms with E-state index in [9.17, 15) is 4.79 Å². The lowest BCUT2D eigenvalue weighted by atomic mass is 10.1. The molecule has 24 heavy (non-hydrogen) atoms. The fraction of sp³-hybridized carbons (Fsp3) is 0.0556. The Labute approximate surface area is 137 Å². The Bertz CT molecular complexity index is 948. The summed E-state index contributed by atoms with van der Waals surface area (Å²) in [7, 11) is 0. The topological polar surface area (TPSA) is 73.3 Å². The minimum Gasteiger partial charge on any atom is -0.454 e. The predicted molar refractivity (Wildman–Crippen MR) is 89.8 cm³/mol. The number of carbonyl (C=O) groups excluding carboxylic acids is 1. The Kier molecular flexibility index (Phi) is 3.55. The highest BCUT2D eigenvalue weighted by Crippen LogP contribution is 2.35. The molecule has 1 aliphatic rings. The second kappa shape index (κ2) is 6.00. The molecule has 6 nitrogen and oxygen atoms in total. The number of carbonyl (C=O) groups is 1. The zero-order chi connectivity index (χ0) is 16.4. The Morgan fingerprint density at radius 1 is 1.08 bits per heavy atom. The smallest absolute Gasteiger partial charge is 0.248 e. The van der Waals surface area contributed by atoms with E-state index in [0.29, 0.717) is 22.7 Å². The predicted octanol–water partition coefficient (Wildman–Crippen LogP) is 3.01.